The molecule has 1 fully saturated rings. The first kappa shape index (κ1) is 25.9. The molecule has 192 valence electrons. The number of rotatable bonds is 8. The van der Waals surface area contributed by atoms with Gasteiger partial charge >= 0.3 is 0 Å². The number of aryl methyl sites for hydroxylation is 3. The fraction of sp³-hybridized carbons (Fsp3) is 0.370. The maximum atomic E-state index is 13.2. The molecule has 0 aliphatic carbocycles. The SMILES string of the molecule is COc1cc(C)ccc1S(=O)(=O)N1CCN(Cc2cc(=O)c(OCc3cc(C)cc(C)c3)co2)CC1. The van der Waals surface area contributed by atoms with Crippen molar-refractivity contribution in [3.05, 3.63) is 87.0 Å². The zero-order valence-electron chi connectivity index (χ0n) is 21.1. The van der Waals surface area contributed by atoms with Crippen molar-refractivity contribution in [1.82, 2.24) is 9.21 Å². The van der Waals surface area contributed by atoms with Crippen LogP contribution in [0.1, 0.15) is 28.0 Å². The highest BCUT2D eigenvalue weighted by molar-refractivity contribution is 7.89. The molecule has 0 saturated carbocycles. The number of hydrogen-bond acceptors (Lipinski definition) is 7. The number of benzene rings is 2. The van der Waals surface area contributed by atoms with E-state index in [9.17, 15) is 13.2 Å². The number of nitrogens with zero attached hydrogens (tertiary/aromatic N) is 2. The van der Waals surface area contributed by atoms with E-state index in [-0.39, 0.29) is 22.7 Å². The van der Waals surface area contributed by atoms with Gasteiger partial charge in [-0.25, -0.2) is 8.42 Å². The Hall–Kier alpha value is -3.14. The molecule has 8 nitrogen and oxygen atoms in total. The minimum absolute atomic E-state index is 0.167. The highest BCUT2D eigenvalue weighted by Crippen LogP contribution is 2.28. The molecule has 0 radical (unpaired) electrons. The maximum absolute atomic E-state index is 13.2. The number of piperazine rings is 1. The molecule has 9 heteroatoms. The van der Waals surface area contributed by atoms with E-state index in [1.54, 1.807) is 18.2 Å². The van der Waals surface area contributed by atoms with Crippen molar-refractivity contribution in [2.75, 3.05) is 33.3 Å². The van der Waals surface area contributed by atoms with Crippen molar-refractivity contribution in [2.45, 2.75) is 38.8 Å². The first-order valence-corrected chi connectivity index (χ1v) is 13.3. The zero-order valence-corrected chi connectivity index (χ0v) is 21.9. The lowest BCUT2D eigenvalue weighted by Crippen LogP contribution is -2.48. The van der Waals surface area contributed by atoms with E-state index in [1.807, 2.05) is 32.9 Å². The van der Waals surface area contributed by atoms with Gasteiger partial charge in [0, 0.05) is 32.2 Å². The minimum Gasteiger partial charge on any atom is -0.495 e. The van der Waals surface area contributed by atoms with E-state index in [0.29, 0.717) is 44.2 Å². The Morgan fingerprint density at radius 3 is 2.22 bits per heavy atom. The molecule has 3 aromatic rings. The third-order valence-corrected chi connectivity index (χ3v) is 8.11. The van der Waals surface area contributed by atoms with Gasteiger partial charge in [-0.2, -0.15) is 4.31 Å². The normalized spacial score (nSPS) is 15.1. The van der Waals surface area contributed by atoms with Crippen LogP contribution in [0.25, 0.3) is 0 Å². The number of sulfonamides is 1. The summed E-state index contributed by atoms with van der Waals surface area (Å²) in [6, 6.07) is 12.7. The first-order valence-electron chi connectivity index (χ1n) is 11.8. The second-order valence-electron chi connectivity index (χ2n) is 9.19. The third kappa shape index (κ3) is 5.98. The summed E-state index contributed by atoms with van der Waals surface area (Å²) in [6.45, 7) is 8.33. The molecule has 2 aromatic carbocycles. The van der Waals surface area contributed by atoms with Crippen LogP contribution in [-0.2, 0) is 23.2 Å². The summed E-state index contributed by atoms with van der Waals surface area (Å²) in [5, 5.41) is 0. The molecule has 0 unspecified atom stereocenters. The van der Waals surface area contributed by atoms with Crippen LogP contribution < -0.4 is 14.9 Å². The Labute approximate surface area is 212 Å². The lowest BCUT2D eigenvalue weighted by molar-refractivity contribution is 0.168. The van der Waals surface area contributed by atoms with Gasteiger partial charge in [-0.1, -0.05) is 35.4 Å². The van der Waals surface area contributed by atoms with Gasteiger partial charge in [-0.05, 0) is 44.0 Å². The number of hydrogen-bond donors (Lipinski definition) is 0. The van der Waals surface area contributed by atoms with Crippen LogP contribution in [0.2, 0.25) is 0 Å². The summed E-state index contributed by atoms with van der Waals surface area (Å²) in [5.41, 5.74) is 3.96. The average molecular weight is 513 g/mol. The Balaban J connectivity index is 1.35. The predicted molar refractivity (Wildman–Crippen MR) is 137 cm³/mol. The van der Waals surface area contributed by atoms with Gasteiger partial charge in [-0.15, -0.1) is 0 Å². The lowest BCUT2D eigenvalue weighted by Gasteiger charge is -2.33. The van der Waals surface area contributed by atoms with Crippen LogP contribution in [0, 0.1) is 20.8 Å². The molecule has 0 bridgehead atoms. The summed E-state index contributed by atoms with van der Waals surface area (Å²) < 4.78 is 44.5. The fourth-order valence-electron chi connectivity index (χ4n) is 4.42. The van der Waals surface area contributed by atoms with Crippen molar-refractivity contribution in [2.24, 2.45) is 0 Å². The fourth-order valence-corrected chi connectivity index (χ4v) is 5.97. The second-order valence-corrected chi connectivity index (χ2v) is 11.1. The van der Waals surface area contributed by atoms with E-state index in [1.165, 1.54) is 23.7 Å². The van der Waals surface area contributed by atoms with E-state index in [2.05, 4.69) is 11.0 Å². The molecular weight excluding hydrogens is 480 g/mol. The maximum Gasteiger partial charge on any atom is 0.246 e. The Morgan fingerprint density at radius 2 is 1.58 bits per heavy atom. The Kier molecular flexibility index (Phi) is 7.82. The number of methoxy groups -OCH3 is 1. The smallest absolute Gasteiger partial charge is 0.246 e. The van der Waals surface area contributed by atoms with Gasteiger partial charge < -0.3 is 13.9 Å². The van der Waals surface area contributed by atoms with Gasteiger partial charge in [0.1, 0.15) is 29.3 Å². The predicted octanol–water partition coefficient (Wildman–Crippen LogP) is 3.66. The first-order chi connectivity index (χ1) is 17.2. The number of ether oxygens (including phenoxy) is 2. The van der Waals surface area contributed by atoms with Crippen LogP contribution in [-0.4, -0.2) is 50.9 Å². The van der Waals surface area contributed by atoms with Gasteiger partial charge in [0.05, 0.1) is 13.7 Å². The van der Waals surface area contributed by atoms with Crippen molar-refractivity contribution in [3.8, 4) is 11.5 Å². The molecular formula is C27H32N2O6S. The topological polar surface area (TPSA) is 89.3 Å². The molecule has 36 heavy (non-hydrogen) atoms. The van der Waals surface area contributed by atoms with Crippen LogP contribution in [0.15, 0.2) is 62.8 Å². The highest BCUT2D eigenvalue weighted by atomic mass is 32.2. The monoisotopic (exact) mass is 512 g/mol. The molecule has 2 heterocycles. The molecule has 0 atom stereocenters. The molecule has 0 amide bonds. The average Bonchev–Trinajstić information content (AvgIpc) is 2.83. The van der Waals surface area contributed by atoms with E-state index >= 15 is 0 Å². The van der Waals surface area contributed by atoms with Gasteiger partial charge in [-0.3, -0.25) is 9.69 Å². The summed E-state index contributed by atoms with van der Waals surface area (Å²) in [6.07, 6.45) is 1.35. The largest absolute Gasteiger partial charge is 0.495 e. The van der Waals surface area contributed by atoms with E-state index in [4.69, 9.17) is 13.9 Å². The van der Waals surface area contributed by atoms with Crippen molar-refractivity contribution in [3.63, 3.8) is 0 Å². The van der Waals surface area contributed by atoms with E-state index < -0.39 is 10.0 Å². The van der Waals surface area contributed by atoms with Gasteiger partial charge in [0.15, 0.2) is 0 Å². The third-order valence-electron chi connectivity index (χ3n) is 6.18. The molecule has 4 rings (SSSR count). The Bertz CT molecular complexity index is 1370. The summed E-state index contributed by atoms with van der Waals surface area (Å²) in [7, 11) is -2.20. The van der Waals surface area contributed by atoms with Crippen LogP contribution in [0.3, 0.4) is 0 Å². The van der Waals surface area contributed by atoms with Gasteiger partial charge in [0.25, 0.3) is 0 Å². The van der Waals surface area contributed by atoms with Gasteiger partial charge in [0.2, 0.25) is 21.2 Å². The van der Waals surface area contributed by atoms with Crippen LogP contribution >= 0.6 is 0 Å². The second kappa shape index (κ2) is 10.9. The van der Waals surface area contributed by atoms with E-state index in [0.717, 1.165) is 22.3 Å². The molecule has 0 N–H and O–H groups in total. The molecule has 1 aliphatic rings. The minimum atomic E-state index is -3.67. The van der Waals surface area contributed by atoms with Crippen molar-refractivity contribution in [1.29, 1.82) is 0 Å². The summed E-state index contributed by atoms with van der Waals surface area (Å²) in [4.78, 5) is 14.8. The molecule has 1 aliphatic heterocycles. The molecule has 1 aromatic heterocycles. The molecule has 1 saturated heterocycles. The van der Waals surface area contributed by atoms with Crippen LogP contribution in [0.4, 0.5) is 0 Å². The van der Waals surface area contributed by atoms with Crippen LogP contribution in [0.5, 0.6) is 11.5 Å². The quantitative estimate of drug-likeness (QED) is 0.455. The summed E-state index contributed by atoms with van der Waals surface area (Å²) in [5.74, 6) is 1.02. The lowest BCUT2D eigenvalue weighted by atomic mass is 10.1. The Morgan fingerprint density at radius 1 is 0.889 bits per heavy atom. The van der Waals surface area contributed by atoms with Crippen molar-refractivity contribution < 1.29 is 22.3 Å². The zero-order chi connectivity index (χ0) is 25.9. The highest BCUT2D eigenvalue weighted by Gasteiger charge is 2.31. The standard InChI is InChI=1S/C27H32N2O6S/c1-19-5-6-27(25(14-19)33-4)36(31,32)29-9-7-28(8-10-29)16-23-15-24(30)26(18-34-23)35-17-22-12-20(2)11-21(3)13-22/h5-6,11-15,18H,7-10,16-17H2,1-4H3. The summed E-state index contributed by atoms with van der Waals surface area (Å²) >= 11 is 0. The molecule has 0 spiro atoms. The van der Waals surface area contributed by atoms with Crippen molar-refractivity contribution >= 4 is 10.0 Å².